The lowest BCUT2D eigenvalue weighted by Crippen LogP contribution is -1.99. The van der Waals surface area contributed by atoms with Crippen molar-refractivity contribution in [3.63, 3.8) is 0 Å². The van der Waals surface area contributed by atoms with Crippen LogP contribution in [0.3, 0.4) is 0 Å². The Morgan fingerprint density at radius 3 is 2.78 bits per heavy atom. The summed E-state index contributed by atoms with van der Waals surface area (Å²) >= 11 is 5.39. The van der Waals surface area contributed by atoms with Crippen molar-refractivity contribution in [3.8, 4) is 0 Å². The second-order valence-electron chi connectivity index (χ2n) is 1.39. The fourth-order valence-corrected chi connectivity index (χ4v) is 0.538. The summed E-state index contributed by atoms with van der Waals surface area (Å²) in [5.74, 6) is 0.983. The third-order valence-electron chi connectivity index (χ3n) is 0.760. The summed E-state index contributed by atoms with van der Waals surface area (Å²) in [4.78, 5) is 11.0. The molecule has 0 saturated carbocycles. The van der Waals surface area contributed by atoms with Crippen molar-refractivity contribution in [2.24, 2.45) is 0 Å². The van der Waals surface area contributed by atoms with Gasteiger partial charge in [-0.3, -0.25) is 0 Å². The Morgan fingerprint density at radius 2 is 2.33 bits per heavy atom. The van der Waals surface area contributed by atoms with E-state index in [-0.39, 0.29) is 11.8 Å². The van der Waals surface area contributed by atoms with Crippen LogP contribution in [0.4, 0.5) is 5.95 Å². The molecule has 0 fully saturated rings. The summed E-state index contributed by atoms with van der Waals surface area (Å²) in [5, 5.41) is 0. The Morgan fingerprint density at radius 1 is 1.56 bits per heavy atom. The van der Waals surface area contributed by atoms with Crippen LogP contribution < -0.4 is 5.73 Å². The first kappa shape index (κ1) is 6.22. The van der Waals surface area contributed by atoms with Crippen LogP contribution in [0.25, 0.3) is 0 Å². The molecule has 0 radical (unpaired) electrons. The molecule has 0 saturated heterocycles. The molecule has 0 unspecified atom stereocenters. The standard InChI is InChI=1S/C4H5ClN4/c5-1-3-7-2-8-4(6)9-3/h2H,1H2,(H2,6,7,8,9). The van der Waals surface area contributed by atoms with Crippen LogP contribution in [0.5, 0.6) is 0 Å². The predicted molar refractivity (Wildman–Crippen MR) is 33.8 cm³/mol. The highest BCUT2D eigenvalue weighted by molar-refractivity contribution is 6.16. The van der Waals surface area contributed by atoms with E-state index in [0.29, 0.717) is 5.82 Å². The summed E-state index contributed by atoms with van der Waals surface area (Å²) in [6, 6.07) is 0. The summed E-state index contributed by atoms with van der Waals surface area (Å²) in [6.07, 6.45) is 1.33. The van der Waals surface area contributed by atoms with Crippen LogP contribution in [-0.4, -0.2) is 15.0 Å². The minimum atomic E-state index is 0.209. The minimum absolute atomic E-state index is 0.209. The second-order valence-corrected chi connectivity index (χ2v) is 1.66. The number of anilines is 1. The average Bonchev–Trinajstić information content (AvgIpc) is 1.88. The topological polar surface area (TPSA) is 64.7 Å². The molecule has 4 nitrogen and oxygen atoms in total. The Labute approximate surface area is 57.1 Å². The molecule has 0 aliphatic rings. The van der Waals surface area contributed by atoms with Gasteiger partial charge in [0.25, 0.3) is 0 Å². The maximum atomic E-state index is 5.39. The number of hydrogen-bond acceptors (Lipinski definition) is 4. The van der Waals surface area contributed by atoms with Gasteiger partial charge in [-0.2, -0.15) is 4.98 Å². The molecule has 1 aromatic heterocycles. The van der Waals surface area contributed by atoms with Gasteiger partial charge in [-0.15, -0.1) is 11.6 Å². The molecule has 0 aromatic carbocycles. The molecule has 0 aliphatic carbocycles. The molecule has 1 heterocycles. The first-order valence-electron chi connectivity index (χ1n) is 2.32. The van der Waals surface area contributed by atoms with Gasteiger partial charge in [0.05, 0.1) is 5.88 Å². The maximum Gasteiger partial charge on any atom is 0.223 e. The zero-order chi connectivity index (χ0) is 6.69. The molecular formula is C4H5ClN4. The lowest BCUT2D eigenvalue weighted by Gasteiger charge is -1.91. The molecule has 0 atom stereocenters. The van der Waals surface area contributed by atoms with E-state index >= 15 is 0 Å². The number of nitrogens with two attached hydrogens (primary N) is 1. The van der Waals surface area contributed by atoms with Crippen molar-refractivity contribution in [1.29, 1.82) is 0 Å². The van der Waals surface area contributed by atoms with Crippen molar-refractivity contribution < 1.29 is 0 Å². The molecule has 0 amide bonds. The van der Waals surface area contributed by atoms with E-state index in [1.54, 1.807) is 0 Å². The number of nitrogen functional groups attached to an aromatic ring is 1. The van der Waals surface area contributed by atoms with Gasteiger partial charge < -0.3 is 5.73 Å². The number of alkyl halides is 1. The molecule has 48 valence electrons. The number of nitrogens with zero attached hydrogens (tertiary/aromatic N) is 3. The van der Waals surface area contributed by atoms with Crippen molar-refractivity contribution in [3.05, 3.63) is 12.2 Å². The number of hydrogen-bond donors (Lipinski definition) is 1. The van der Waals surface area contributed by atoms with Gasteiger partial charge in [0, 0.05) is 0 Å². The Kier molecular flexibility index (Phi) is 1.79. The van der Waals surface area contributed by atoms with Crippen LogP contribution in [-0.2, 0) is 5.88 Å². The van der Waals surface area contributed by atoms with E-state index < -0.39 is 0 Å². The van der Waals surface area contributed by atoms with E-state index in [0.717, 1.165) is 0 Å². The van der Waals surface area contributed by atoms with E-state index in [9.17, 15) is 0 Å². The molecule has 0 spiro atoms. The molecule has 0 bridgehead atoms. The summed E-state index contributed by atoms with van der Waals surface area (Å²) < 4.78 is 0. The molecule has 2 N–H and O–H groups in total. The molecule has 0 aliphatic heterocycles. The van der Waals surface area contributed by atoms with E-state index in [2.05, 4.69) is 15.0 Å². The second kappa shape index (κ2) is 2.59. The van der Waals surface area contributed by atoms with Gasteiger partial charge in [0.2, 0.25) is 5.95 Å². The van der Waals surface area contributed by atoms with Gasteiger partial charge in [-0.25, -0.2) is 9.97 Å². The quantitative estimate of drug-likeness (QED) is 0.572. The summed E-state index contributed by atoms with van der Waals surface area (Å²) in [5.41, 5.74) is 5.21. The van der Waals surface area contributed by atoms with Crippen LogP contribution in [0, 0.1) is 0 Å². The summed E-state index contributed by atoms with van der Waals surface area (Å²) in [7, 11) is 0. The zero-order valence-electron chi connectivity index (χ0n) is 4.58. The third-order valence-corrected chi connectivity index (χ3v) is 0.999. The van der Waals surface area contributed by atoms with Crippen molar-refractivity contribution in [2.45, 2.75) is 5.88 Å². The van der Waals surface area contributed by atoms with Gasteiger partial charge in [0.15, 0.2) is 0 Å². The highest BCUT2D eigenvalue weighted by Crippen LogP contribution is 1.94. The number of aromatic nitrogens is 3. The number of halogens is 1. The highest BCUT2D eigenvalue weighted by Gasteiger charge is 1.92. The largest absolute Gasteiger partial charge is 0.368 e. The lowest BCUT2D eigenvalue weighted by molar-refractivity contribution is 0.971. The summed E-state index contributed by atoms with van der Waals surface area (Å²) in [6.45, 7) is 0. The van der Waals surface area contributed by atoms with E-state index in [1.165, 1.54) is 6.33 Å². The lowest BCUT2D eigenvalue weighted by atomic mass is 10.7. The first-order valence-corrected chi connectivity index (χ1v) is 2.85. The van der Waals surface area contributed by atoms with Crippen molar-refractivity contribution in [1.82, 2.24) is 15.0 Å². The molecular weight excluding hydrogens is 140 g/mol. The zero-order valence-corrected chi connectivity index (χ0v) is 5.34. The van der Waals surface area contributed by atoms with Gasteiger partial charge in [-0.05, 0) is 0 Å². The Balaban J connectivity index is 2.94. The van der Waals surface area contributed by atoms with E-state index in [1.807, 2.05) is 0 Å². The van der Waals surface area contributed by atoms with Crippen LogP contribution >= 0.6 is 11.6 Å². The molecule has 1 aromatic rings. The Bertz CT molecular complexity index is 202. The number of rotatable bonds is 1. The van der Waals surface area contributed by atoms with Crippen LogP contribution in [0.1, 0.15) is 5.82 Å². The van der Waals surface area contributed by atoms with Gasteiger partial charge >= 0.3 is 0 Å². The van der Waals surface area contributed by atoms with Crippen LogP contribution in [0.15, 0.2) is 6.33 Å². The van der Waals surface area contributed by atoms with Gasteiger partial charge in [-0.1, -0.05) is 0 Å². The molecule has 5 heteroatoms. The molecule has 1 rings (SSSR count). The fraction of sp³-hybridized carbons (Fsp3) is 0.250. The minimum Gasteiger partial charge on any atom is -0.368 e. The molecule has 9 heavy (non-hydrogen) atoms. The third kappa shape index (κ3) is 1.50. The highest BCUT2D eigenvalue weighted by atomic mass is 35.5. The van der Waals surface area contributed by atoms with Crippen molar-refractivity contribution >= 4 is 17.5 Å². The maximum absolute atomic E-state index is 5.39. The Hall–Kier alpha value is -0.900. The average molecular weight is 145 g/mol. The first-order chi connectivity index (χ1) is 4.33. The van der Waals surface area contributed by atoms with Crippen LogP contribution in [0.2, 0.25) is 0 Å². The smallest absolute Gasteiger partial charge is 0.223 e. The monoisotopic (exact) mass is 144 g/mol. The predicted octanol–water partition coefficient (Wildman–Crippen LogP) is 0.193. The fourth-order valence-electron chi connectivity index (χ4n) is 0.409. The van der Waals surface area contributed by atoms with Gasteiger partial charge in [0.1, 0.15) is 12.2 Å². The van der Waals surface area contributed by atoms with E-state index in [4.69, 9.17) is 17.3 Å². The SMILES string of the molecule is Nc1ncnc(CCl)n1. The van der Waals surface area contributed by atoms with Crippen molar-refractivity contribution in [2.75, 3.05) is 5.73 Å². The normalized spacial score (nSPS) is 9.44.